The highest BCUT2D eigenvalue weighted by Gasteiger charge is 2.36. The van der Waals surface area contributed by atoms with Gasteiger partial charge in [-0.15, -0.1) is 0 Å². The highest BCUT2D eigenvalue weighted by molar-refractivity contribution is 5.94. The van der Waals surface area contributed by atoms with Crippen LogP contribution in [-0.2, 0) is 4.79 Å². The molecule has 0 spiro atoms. The molecule has 0 bridgehead atoms. The minimum absolute atomic E-state index is 0.102. The van der Waals surface area contributed by atoms with Crippen LogP contribution in [0, 0.1) is 0 Å². The Bertz CT molecular complexity index is 605. The highest BCUT2D eigenvalue weighted by Crippen LogP contribution is 2.22. The molecule has 9 heteroatoms. The molecule has 5 N–H and O–H groups in total. The molecule has 4 heterocycles. The second kappa shape index (κ2) is 6.42. The Kier molecular flexibility index (Phi) is 4.13. The van der Waals surface area contributed by atoms with Crippen molar-refractivity contribution >= 4 is 5.91 Å². The van der Waals surface area contributed by atoms with Gasteiger partial charge in [-0.25, -0.2) is 9.82 Å². The average molecular weight is 335 g/mol. The van der Waals surface area contributed by atoms with E-state index in [2.05, 4.69) is 26.7 Å². The molecule has 1 fully saturated rings. The SMILES string of the molecule is O=C(NC1=CNCNC1)C1=CNC2C=CC(N3CC[C@H](F)C3)NN12. The van der Waals surface area contributed by atoms with Gasteiger partial charge in [-0.3, -0.25) is 20.0 Å². The Hall–Kier alpha value is -2.10. The van der Waals surface area contributed by atoms with Gasteiger partial charge in [0.2, 0.25) is 0 Å². The molecule has 4 aliphatic heterocycles. The summed E-state index contributed by atoms with van der Waals surface area (Å²) in [5.41, 5.74) is 4.61. The normalized spacial score (nSPS) is 32.5. The number of hydrazine groups is 1. The molecule has 0 aliphatic carbocycles. The number of likely N-dealkylation sites (tertiary alicyclic amines) is 1. The monoisotopic (exact) mass is 335 g/mol. The van der Waals surface area contributed by atoms with Gasteiger partial charge in [0.25, 0.3) is 5.91 Å². The lowest BCUT2D eigenvalue weighted by molar-refractivity contribution is -0.119. The van der Waals surface area contributed by atoms with Crippen molar-refractivity contribution < 1.29 is 9.18 Å². The molecule has 24 heavy (non-hydrogen) atoms. The predicted octanol–water partition coefficient (Wildman–Crippen LogP) is -1.39. The summed E-state index contributed by atoms with van der Waals surface area (Å²) in [6, 6.07) is 0. The van der Waals surface area contributed by atoms with E-state index in [1.165, 1.54) is 0 Å². The zero-order valence-corrected chi connectivity index (χ0v) is 13.3. The Balaban J connectivity index is 1.41. The molecule has 130 valence electrons. The number of carbonyl (C=O) groups excluding carboxylic acids is 1. The van der Waals surface area contributed by atoms with Crippen LogP contribution in [0.25, 0.3) is 0 Å². The Labute approximate surface area is 139 Å². The van der Waals surface area contributed by atoms with Crippen molar-refractivity contribution in [3.63, 3.8) is 0 Å². The number of rotatable bonds is 3. The van der Waals surface area contributed by atoms with Crippen molar-refractivity contribution in [1.29, 1.82) is 0 Å². The molecular formula is C15H22FN7O. The van der Waals surface area contributed by atoms with Crippen LogP contribution in [-0.4, -0.2) is 60.6 Å². The molecule has 0 aromatic carbocycles. The largest absolute Gasteiger partial charge is 0.377 e. The maximum absolute atomic E-state index is 13.4. The van der Waals surface area contributed by atoms with Crippen LogP contribution < -0.4 is 26.7 Å². The summed E-state index contributed by atoms with van der Waals surface area (Å²) in [4.78, 5) is 14.6. The molecule has 1 saturated heterocycles. The number of alkyl halides is 1. The third-order valence-electron chi connectivity index (χ3n) is 4.56. The Morgan fingerprint density at radius 1 is 1.29 bits per heavy atom. The fourth-order valence-electron chi connectivity index (χ4n) is 3.30. The van der Waals surface area contributed by atoms with Gasteiger partial charge in [0.05, 0.1) is 12.8 Å². The van der Waals surface area contributed by atoms with Crippen LogP contribution >= 0.6 is 0 Å². The minimum atomic E-state index is -0.772. The van der Waals surface area contributed by atoms with Gasteiger partial charge >= 0.3 is 0 Å². The number of amides is 1. The van der Waals surface area contributed by atoms with Crippen molar-refractivity contribution in [3.8, 4) is 0 Å². The summed E-state index contributed by atoms with van der Waals surface area (Å²) in [6.45, 7) is 2.44. The fraction of sp³-hybridized carbons (Fsp3) is 0.533. The zero-order chi connectivity index (χ0) is 16.5. The third-order valence-corrected chi connectivity index (χ3v) is 4.56. The first-order valence-electron chi connectivity index (χ1n) is 8.23. The molecule has 0 aromatic heterocycles. The number of nitrogens with one attached hydrogen (secondary N) is 5. The van der Waals surface area contributed by atoms with Crippen LogP contribution in [0.2, 0.25) is 0 Å². The quantitative estimate of drug-likeness (QED) is 0.406. The smallest absolute Gasteiger partial charge is 0.274 e. The van der Waals surface area contributed by atoms with Crippen LogP contribution in [0.1, 0.15) is 6.42 Å². The van der Waals surface area contributed by atoms with Crippen molar-refractivity contribution in [1.82, 2.24) is 36.6 Å². The average Bonchev–Trinajstić information content (AvgIpc) is 3.21. The van der Waals surface area contributed by atoms with E-state index in [0.717, 1.165) is 5.70 Å². The number of hydrogen-bond acceptors (Lipinski definition) is 7. The fourth-order valence-corrected chi connectivity index (χ4v) is 3.30. The Morgan fingerprint density at radius 3 is 2.92 bits per heavy atom. The maximum atomic E-state index is 13.4. The molecule has 8 nitrogen and oxygen atoms in total. The van der Waals surface area contributed by atoms with Gasteiger partial charge in [0.1, 0.15) is 18.0 Å². The van der Waals surface area contributed by atoms with Crippen LogP contribution in [0.3, 0.4) is 0 Å². The summed E-state index contributed by atoms with van der Waals surface area (Å²) in [5, 5.41) is 14.0. The minimum Gasteiger partial charge on any atom is -0.377 e. The van der Waals surface area contributed by atoms with E-state index >= 15 is 0 Å². The predicted molar refractivity (Wildman–Crippen MR) is 86.2 cm³/mol. The second-order valence-electron chi connectivity index (χ2n) is 6.28. The summed E-state index contributed by atoms with van der Waals surface area (Å²) < 4.78 is 13.4. The Morgan fingerprint density at radius 2 is 2.17 bits per heavy atom. The summed E-state index contributed by atoms with van der Waals surface area (Å²) in [5.74, 6) is -0.187. The van der Waals surface area contributed by atoms with Crippen LogP contribution in [0.15, 0.2) is 35.9 Å². The number of nitrogens with zero attached hydrogens (tertiary/aromatic N) is 2. The van der Waals surface area contributed by atoms with E-state index in [-0.39, 0.29) is 18.2 Å². The van der Waals surface area contributed by atoms with Crippen molar-refractivity contribution in [2.24, 2.45) is 0 Å². The van der Waals surface area contributed by atoms with E-state index in [1.807, 2.05) is 17.1 Å². The number of hydrogen-bond donors (Lipinski definition) is 5. The third kappa shape index (κ3) is 2.97. The summed E-state index contributed by atoms with van der Waals surface area (Å²) in [7, 11) is 0. The van der Waals surface area contributed by atoms with Gasteiger partial charge in [-0.2, -0.15) is 0 Å². The molecule has 3 atom stereocenters. The van der Waals surface area contributed by atoms with E-state index in [1.54, 1.807) is 17.4 Å². The molecule has 4 rings (SSSR count). The van der Waals surface area contributed by atoms with Gasteiger partial charge in [0.15, 0.2) is 0 Å². The van der Waals surface area contributed by atoms with Gasteiger partial charge in [-0.05, 0) is 12.5 Å². The first kappa shape index (κ1) is 15.4. The lowest BCUT2D eigenvalue weighted by Gasteiger charge is -2.38. The van der Waals surface area contributed by atoms with Gasteiger partial charge in [0, 0.05) is 37.7 Å². The van der Waals surface area contributed by atoms with Gasteiger partial charge < -0.3 is 16.0 Å². The molecule has 1 amide bonds. The lowest BCUT2D eigenvalue weighted by atomic mass is 10.2. The van der Waals surface area contributed by atoms with Gasteiger partial charge in [-0.1, -0.05) is 6.08 Å². The van der Waals surface area contributed by atoms with Crippen LogP contribution in [0.5, 0.6) is 0 Å². The number of halogens is 1. The highest BCUT2D eigenvalue weighted by atomic mass is 19.1. The summed E-state index contributed by atoms with van der Waals surface area (Å²) >= 11 is 0. The van der Waals surface area contributed by atoms with E-state index in [4.69, 9.17) is 0 Å². The van der Waals surface area contributed by atoms with Crippen molar-refractivity contribution in [3.05, 3.63) is 35.9 Å². The second-order valence-corrected chi connectivity index (χ2v) is 6.28. The van der Waals surface area contributed by atoms with Crippen LogP contribution in [0.4, 0.5) is 4.39 Å². The number of fused-ring (bicyclic) bond motifs is 1. The maximum Gasteiger partial charge on any atom is 0.274 e. The lowest BCUT2D eigenvalue weighted by Crippen LogP contribution is -2.58. The zero-order valence-electron chi connectivity index (χ0n) is 13.3. The topological polar surface area (TPSA) is 83.7 Å². The first-order valence-corrected chi connectivity index (χ1v) is 8.23. The number of carbonyl (C=O) groups is 1. The van der Waals surface area contributed by atoms with E-state index in [9.17, 15) is 9.18 Å². The summed E-state index contributed by atoms with van der Waals surface area (Å²) in [6.07, 6.45) is 7.08. The van der Waals surface area contributed by atoms with Crippen molar-refractivity contribution in [2.75, 3.05) is 26.3 Å². The molecule has 2 unspecified atom stereocenters. The molecular weight excluding hydrogens is 313 g/mol. The first-order chi connectivity index (χ1) is 11.7. The van der Waals surface area contributed by atoms with Crippen molar-refractivity contribution in [2.45, 2.75) is 24.9 Å². The molecule has 0 radical (unpaired) electrons. The molecule has 0 saturated carbocycles. The molecule has 4 aliphatic rings. The standard InChI is InChI=1S/C15H22FN7O/c16-10-3-4-22(8-10)14-2-1-13-19-7-12(23(13)21-14)15(24)20-11-5-17-9-18-6-11/h1-2,5,7,10,13-14,17-19,21H,3-4,6,8-9H2,(H,20,24)/t10-,13?,14?/m0/s1. The van der Waals surface area contributed by atoms with E-state index in [0.29, 0.717) is 38.4 Å². The van der Waals surface area contributed by atoms with E-state index < -0.39 is 6.17 Å². The molecule has 0 aromatic rings.